The quantitative estimate of drug-likeness (QED) is 0.382. The molecule has 0 aromatic rings. The molecule has 4 nitrogen and oxygen atoms in total. The Bertz CT molecular complexity index is 167. The Morgan fingerprint density at radius 3 is 1.58 bits per heavy atom. The minimum atomic E-state index is 0.218. The van der Waals surface area contributed by atoms with Crippen LogP contribution < -0.4 is 0 Å². The van der Waals surface area contributed by atoms with E-state index in [0.717, 1.165) is 0 Å². The van der Waals surface area contributed by atoms with Gasteiger partial charge in [0.2, 0.25) is 0 Å². The van der Waals surface area contributed by atoms with Crippen LogP contribution in [0, 0.1) is 10.8 Å². The summed E-state index contributed by atoms with van der Waals surface area (Å²) < 4.78 is 9.26. The second kappa shape index (κ2) is 6.39. The van der Waals surface area contributed by atoms with Crippen molar-refractivity contribution in [1.82, 2.24) is 0 Å². The molecule has 0 aromatic heterocycles. The third-order valence-corrected chi connectivity index (χ3v) is 1.27. The summed E-state index contributed by atoms with van der Waals surface area (Å²) in [6.45, 7) is 0. The summed E-state index contributed by atoms with van der Waals surface area (Å²) in [5.74, 6) is 0.436. The van der Waals surface area contributed by atoms with Gasteiger partial charge in [-0.15, -0.1) is 0 Å². The van der Waals surface area contributed by atoms with E-state index in [1.165, 1.54) is 14.2 Å². The molecular weight excluding hydrogens is 156 g/mol. The summed E-state index contributed by atoms with van der Waals surface area (Å²) in [5.41, 5.74) is 0. The molecule has 0 saturated heterocycles. The molecule has 0 unspecified atom stereocenters. The molecule has 2 N–H and O–H groups in total. The first kappa shape index (κ1) is 10.7. The van der Waals surface area contributed by atoms with Crippen LogP contribution in [0.4, 0.5) is 0 Å². The number of ether oxygens (including phenoxy) is 2. The van der Waals surface area contributed by atoms with Crippen LogP contribution in [-0.4, -0.2) is 26.0 Å². The molecule has 0 saturated carbocycles. The Labute approximate surface area is 72.2 Å². The summed E-state index contributed by atoms with van der Waals surface area (Å²) >= 11 is 0. The van der Waals surface area contributed by atoms with Gasteiger partial charge in [-0.05, 0) is 0 Å². The van der Waals surface area contributed by atoms with Gasteiger partial charge in [-0.1, -0.05) is 12.2 Å². The van der Waals surface area contributed by atoms with Crippen LogP contribution in [0.25, 0.3) is 0 Å². The van der Waals surface area contributed by atoms with Crippen LogP contribution in [0.5, 0.6) is 0 Å². The zero-order chi connectivity index (χ0) is 9.40. The fraction of sp³-hybridized carbons (Fsp3) is 0.500. The molecule has 0 aromatic carbocycles. The van der Waals surface area contributed by atoms with E-state index in [0.29, 0.717) is 12.8 Å². The second-order valence-corrected chi connectivity index (χ2v) is 2.13. The Morgan fingerprint density at radius 2 is 1.33 bits per heavy atom. The van der Waals surface area contributed by atoms with Gasteiger partial charge < -0.3 is 9.47 Å². The SMILES string of the molecule is COC(=N)CC=CCC(=N)OC. The van der Waals surface area contributed by atoms with Crippen LogP contribution >= 0.6 is 0 Å². The molecule has 0 rings (SSSR count). The molecule has 0 spiro atoms. The number of rotatable bonds is 4. The van der Waals surface area contributed by atoms with Gasteiger partial charge in [-0.3, -0.25) is 10.8 Å². The molecule has 68 valence electrons. The first-order valence-electron chi connectivity index (χ1n) is 3.58. The van der Waals surface area contributed by atoms with E-state index in [4.69, 9.17) is 10.8 Å². The van der Waals surface area contributed by atoms with E-state index < -0.39 is 0 Å². The largest absolute Gasteiger partial charge is 0.484 e. The monoisotopic (exact) mass is 170 g/mol. The van der Waals surface area contributed by atoms with Gasteiger partial charge in [0.05, 0.1) is 14.2 Å². The summed E-state index contributed by atoms with van der Waals surface area (Å²) in [6.07, 6.45) is 4.49. The second-order valence-electron chi connectivity index (χ2n) is 2.13. The van der Waals surface area contributed by atoms with Crippen molar-refractivity contribution < 1.29 is 9.47 Å². The molecule has 0 atom stereocenters. The molecule has 4 heteroatoms. The van der Waals surface area contributed by atoms with Gasteiger partial charge in [0.1, 0.15) is 0 Å². The molecule has 0 aliphatic heterocycles. The van der Waals surface area contributed by atoms with Gasteiger partial charge in [-0.25, -0.2) is 0 Å². The first-order valence-corrected chi connectivity index (χ1v) is 3.58. The molecule has 0 radical (unpaired) electrons. The minimum Gasteiger partial charge on any atom is -0.484 e. The standard InChI is InChI=1S/C8H14N2O2/c1-11-7(9)5-3-4-6-8(10)12-2/h3-4,9-10H,5-6H2,1-2H3. The van der Waals surface area contributed by atoms with Gasteiger partial charge >= 0.3 is 0 Å². The van der Waals surface area contributed by atoms with Crippen molar-refractivity contribution in [3.05, 3.63) is 12.2 Å². The number of hydrogen-bond acceptors (Lipinski definition) is 4. The lowest BCUT2D eigenvalue weighted by Gasteiger charge is -1.97. The Balaban J connectivity index is 3.50. The third kappa shape index (κ3) is 5.46. The highest BCUT2D eigenvalue weighted by Gasteiger charge is 1.90. The summed E-state index contributed by atoms with van der Waals surface area (Å²) in [4.78, 5) is 0. The number of nitrogens with one attached hydrogen (secondary N) is 2. The van der Waals surface area contributed by atoms with Crippen molar-refractivity contribution >= 4 is 11.8 Å². The van der Waals surface area contributed by atoms with Gasteiger partial charge in [0, 0.05) is 12.8 Å². The highest BCUT2D eigenvalue weighted by Crippen LogP contribution is 1.91. The summed E-state index contributed by atoms with van der Waals surface area (Å²) in [7, 11) is 2.93. The van der Waals surface area contributed by atoms with E-state index in [1.54, 1.807) is 12.2 Å². The van der Waals surface area contributed by atoms with E-state index in [2.05, 4.69) is 9.47 Å². The number of hydrogen-bond donors (Lipinski definition) is 2. The maximum Gasteiger partial charge on any atom is 0.183 e. The van der Waals surface area contributed by atoms with Crippen molar-refractivity contribution in [2.75, 3.05) is 14.2 Å². The summed E-state index contributed by atoms with van der Waals surface area (Å²) in [5, 5.41) is 14.2. The van der Waals surface area contributed by atoms with E-state index >= 15 is 0 Å². The average Bonchev–Trinajstić information content (AvgIpc) is 2.11. The van der Waals surface area contributed by atoms with Crippen molar-refractivity contribution in [3.63, 3.8) is 0 Å². The van der Waals surface area contributed by atoms with Crippen LogP contribution in [0.3, 0.4) is 0 Å². The van der Waals surface area contributed by atoms with Gasteiger partial charge in [0.25, 0.3) is 0 Å². The lowest BCUT2D eigenvalue weighted by atomic mass is 10.3. The topological polar surface area (TPSA) is 66.2 Å². The smallest absolute Gasteiger partial charge is 0.183 e. The van der Waals surface area contributed by atoms with Crippen LogP contribution in [0.1, 0.15) is 12.8 Å². The predicted octanol–water partition coefficient (Wildman–Crippen LogP) is 1.57. The zero-order valence-electron chi connectivity index (χ0n) is 7.39. The maximum atomic E-state index is 7.11. The molecule has 0 aliphatic carbocycles. The first-order chi connectivity index (χ1) is 5.70. The molecule has 0 fully saturated rings. The predicted molar refractivity (Wildman–Crippen MR) is 47.8 cm³/mol. The molecule has 0 heterocycles. The molecule has 0 aliphatic rings. The minimum absolute atomic E-state index is 0.218. The Morgan fingerprint density at radius 1 is 1.00 bits per heavy atom. The highest BCUT2D eigenvalue weighted by atomic mass is 16.5. The average molecular weight is 170 g/mol. The van der Waals surface area contributed by atoms with Crippen molar-refractivity contribution in [2.45, 2.75) is 12.8 Å². The third-order valence-electron chi connectivity index (χ3n) is 1.27. The van der Waals surface area contributed by atoms with E-state index in [1.807, 2.05) is 0 Å². The maximum absolute atomic E-state index is 7.11. The van der Waals surface area contributed by atoms with Crippen molar-refractivity contribution in [2.24, 2.45) is 0 Å². The van der Waals surface area contributed by atoms with Gasteiger partial charge in [0.15, 0.2) is 11.8 Å². The van der Waals surface area contributed by atoms with Crippen LogP contribution in [-0.2, 0) is 9.47 Å². The normalized spacial score (nSPS) is 9.83. The summed E-state index contributed by atoms with van der Waals surface area (Å²) in [6, 6.07) is 0. The highest BCUT2D eigenvalue weighted by molar-refractivity contribution is 5.75. The zero-order valence-corrected chi connectivity index (χ0v) is 7.39. The fourth-order valence-electron chi connectivity index (χ4n) is 0.547. The lowest BCUT2D eigenvalue weighted by molar-refractivity contribution is 0.389. The number of methoxy groups -OCH3 is 2. The Hall–Kier alpha value is -1.32. The van der Waals surface area contributed by atoms with E-state index in [-0.39, 0.29) is 11.8 Å². The van der Waals surface area contributed by atoms with Crippen LogP contribution in [0.15, 0.2) is 12.2 Å². The molecule has 0 amide bonds. The fourth-order valence-corrected chi connectivity index (χ4v) is 0.547. The molecular formula is C8H14N2O2. The van der Waals surface area contributed by atoms with Crippen molar-refractivity contribution in [1.29, 1.82) is 10.8 Å². The molecule has 12 heavy (non-hydrogen) atoms. The van der Waals surface area contributed by atoms with Crippen LogP contribution in [0.2, 0.25) is 0 Å². The lowest BCUT2D eigenvalue weighted by Crippen LogP contribution is -1.97. The van der Waals surface area contributed by atoms with Gasteiger partial charge in [-0.2, -0.15) is 0 Å². The van der Waals surface area contributed by atoms with E-state index in [9.17, 15) is 0 Å². The molecule has 0 bridgehead atoms. The van der Waals surface area contributed by atoms with Crippen molar-refractivity contribution in [3.8, 4) is 0 Å². The Kier molecular flexibility index (Phi) is 5.69.